The molecule has 0 N–H and O–H groups in total. The molecule has 0 spiro atoms. The van der Waals surface area contributed by atoms with Crippen molar-refractivity contribution in [3.05, 3.63) is 41.0 Å². The van der Waals surface area contributed by atoms with Crippen LogP contribution in [0.4, 0.5) is 0 Å². The van der Waals surface area contributed by atoms with Gasteiger partial charge in [0.2, 0.25) is 5.91 Å². The molecule has 1 fully saturated rings. The van der Waals surface area contributed by atoms with Crippen molar-refractivity contribution in [2.75, 3.05) is 39.9 Å². The fourth-order valence-electron chi connectivity index (χ4n) is 3.61. The third-order valence-electron chi connectivity index (χ3n) is 5.12. The highest BCUT2D eigenvalue weighted by molar-refractivity contribution is 8.00. The number of hydrogen-bond donors (Lipinski definition) is 0. The number of hydrogen-bond acceptors (Lipinski definition) is 5. The number of aryl methyl sites for hydroxylation is 1. The summed E-state index contributed by atoms with van der Waals surface area (Å²) in [5.74, 6) is 0.569. The van der Waals surface area contributed by atoms with E-state index in [1.54, 1.807) is 7.11 Å². The molecule has 0 atom stereocenters. The molecule has 0 bridgehead atoms. The van der Waals surface area contributed by atoms with E-state index >= 15 is 0 Å². The third kappa shape index (κ3) is 4.28. The standard InChI is InChI=1S/C20H27N3O4S/c1-15-5-7-17(8-6-15)19-16(2)20(21-28(19,25)26)23-11-4-10-22(12-13-23)18(24)9-14-27-3/h5-8H,4,9-14H2,1-3H3. The maximum atomic E-state index is 12.7. The van der Waals surface area contributed by atoms with Crippen LogP contribution in [-0.4, -0.2) is 69.9 Å². The first-order valence-corrected chi connectivity index (χ1v) is 10.9. The molecule has 2 aliphatic rings. The van der Waals surface area contributed by atoms with E-state index in [0.29, 0.717) is 56.2 Å². The van der Waals surface area contributed by atoms with Gasteiger partial charge in [0.25, 0.3) is 10.0 Å². The molecular weight excluding hydrogens is 378 g/mol. The Morgan fingerprint density at radius 1 is 1.11 bits per heavy atom. The summed E-state index contributed by atoms with van der Waals surface area (Å²) in [4.78, 5) is 16.3. The number of methoxy groups -OCH3 is 1. The number of benzene rings is 1. The zero-order chi connectivity index (χ0) is 20.3. The monoisotopic (exact) mass is 405 g/mol. The van der Waals surface area contributed by atoms with Gasteiger partial charge in [-0.3, -0.25) is 4.79 Å². The van der Waals surface area contributed by atoms with Crippen LogP contribution in [-0.2, 0) is 19.6 Å². The van der Waals surface area contributed by atoms with Gasteiger partial charge in [0, 0.05) is 38.9 Å². The lowest BCUT2D eigenvalue weighted by Gasteiger charge is -2.23. The summed E-state index contributed by atoms with van der Waals surface area (Å²) in [6, 6.07) is 7.45. The molecule has 0 unspecified atom stereocenters. The molecule has 1 aromatic rings. The minimum absolute atomic E-state index is 0.0669. The number of carbonyl (C=O) groups excluding carboxylic acids is 1. The van der Waals surface area contributed by atoms with Gasteiger partial charge in [0.1, 0.15) is 10.7 Å². The van der Waals surface area contributed by atoms with Crippen LogP contribution in [0, 0.1) is 6.92 Å². The summed E-state index contributed by atoms with van der Waals surface area (Å²) < 4.78 is 34.5. The van der Waals surface area contributed by atoms with Crippen LogP contribution in [0.15, 0.2) is 34.2 Å². The Bertz CT molecular complexity index is 904. The van der Waals surface area contributed by atoms with Crippen LogP contribution in [0.2, 0.25) is 0 Å². The lowest BCUT2D eigenvalue weighted by atomic mass is 10.1. The molecule has 8 heteroatoms. The number of amidine groups is 1. The molecule has 3 rings (SSSR count). The van der Waals surface area contributed by atoms with E-state index in [-0.39, 0.29) is 10.8 Å². The Morgan fingerprint density at radius 3 is 2.50 bits per heavy atom. The predicted molar refractivity (Wildman–Crippen MR) is 109 cm³/mol. The summed E-state index contributed by atoms with van der Waals surface area (Å²) in [7, 11) is -2.15. The van der Waals surface area contributed by atoms with Crippen molar-refractivity contribution >= 4 is 26.7 Å². The lowest BCUT2D eigenvalue weighted by molar-refractivity contribution is -0.131. The van der Waals surface area contributed by atoms with E-state index < -0.39 is 10.0 Å². The summed E-state index contributed by atoms with van der Waals surface area (Å²) in [6.07, 6.45) is 1.13. The first kappa shape index (κ1) is 20.5. The Morgan fingerprint density at radius 2 is 1.82 bits per heavy atom. The van der Waals surface area contributed by atoms with Gasteiger partial charge in [-0.25, -0.2) is 0 Å². The molecule has 28 heavy (non-hydrogen) atoms. The lowest BCUT2D eigenvalue weighted by Crippen LogP contribution is -2.37. The topological polar surface area (TPSA) is 79.3 Å². The number of sulfonamides is 1. The molecule has 152 valence electrons. The van der Waals surface area contributed by atoms with Crippen LogP contribution >= 0.6 is 0 Å². The molecule has 2 aliphatic heterocycles. The van der Waals surface area contributed by atoms with E-state index in [2.05, 4.69) is 4.40 Å². The smallest absolute Gasteiger partial charge is 0.285 e. The molecule has 1 amide bonds. The second-order valence-electron chi connectivity index (χ2n) is 7.17. The van der Waals surface area contributed by atoms with Crippen LogP contribution in [0.1, 0.15) is 30.9 Å². The summed E-state index contributed by atoms with van der Waals surface area (Å²) in [6.45, 7) is 6.62. The van der Waals surface area contributed by atoms with Crippen molar-refractivity contribution in [1.29, 1.82) is 0 Å². The maximum absolute atomic E-state index is 12.7. The second-order valence-corrected chi connectivity index (χ2v) is 8.72. The fraction of sp³-hybridized carbons (Fsp3) is 0.500. The van der Waals surface area contributed by atoms with Crippen molar-refractivity contribution in [3.8, 4) is 0 Å². The van der Waals surface area contributed by atoms with Crippen molar-refractivity contribution in [2.24, 2.45) is 4.40 Å². The highest BCUT2D eigenvalue weighted by Crippen LogP contribution is 2.33. The minimum atomic E-state index is -3.73. The van der Waals surface area contributed by atoms with Crippen molar-refractivity contribution in [3.63, 3.8) is 0 Å². The molecule has 2 heterocycles. The van der Waals surface area contributed by atoms with Gasteiger partial charge in [-0.05, 0) is 25.8 Å². The number of nitrogens with zero attached hydrogens (tertiary/aromatic N) is 3. The van der Waals surface area contributed by atoms with E-state index in [9.17, 15) is 13.2 Å². The average Bonchev–Trinajstić information content (AvgIpc) is 2.83. The average molecular weight is 406 g/mol. The summed E-state index contributed by atoms with van der Waals surface area (Å²) in [5, 5.41) is 0. The zero-order valence-corrected chi connectivity index (χ0v) is 17.5. The Balaban J connectivity index is 1.80. The van der Waals surface area contributed by atoms with E-state index in [0.717, 1.165) is 12.0 Å². The first-order valence-electron chi connectivity index (χ1n) is 9.48. The largest absolute Gasteiger partial charge is 0.384 e. The van der Waals surface area contributed by atoms with Gasteiger partial charge in [-0.15, -0.1) is 4.40 Å². The zero-order valence-electron chi connectivity index (χ0n) is 16.6. The first-order chi connectivity index (χ1) is 13.3. The Labute approximate surface area is 166 Å². The predicted octanol–water partition coefficient (Wildman–Crippen LogP) is 2.04. The van der Waals surface area contributed by atoms with Gasteiger partial charge in [-0.1, -0.05) is 29.8 Å². The van der Waals surface area contributed by atoms with Crippen molar-refractivity contribution < 1.29 is 17.9 Å². The van der Waals surface area contributed by atoms with Crippen LogP contribution in [0.25, 0.3) is 4.91 Å². The summed E-state index contributed by atoms with van der Waals surface area (Å²) >= 11 is 0. The molecule has 0 aromatic heterocycles. The van der Waals surface area contributed by atoms with Crippen LogP contribution in [0.5, 0.6) is 0 Å². The van der Waals surface area contributed by atoms with E-state index in [4.69, 9.17) is 4.74 Å². The van der Waals surface area contributed by atoms with Gasteiger partial charge >= 0.3 is 0 Å². The highest BCUT2D eigenvalue weighted by Gasteiger charge is 2.34. The Hall–Kier alpha value is -2.19. The molecule has 7 nitrogen and oxygen atoms in total. The highest BCUT2D eigenvalue weighted by atomic mass is 32.2. The molecular formula is C20H27N3O4S. The Kier molecular flexibility index (Phi) is 6.20. The molecule has 1 aromatic carbocycles. The number of ether oxygens (including phenoxy) is 1. The maximum Gasteiger partial charge on any atom is 0.285 e. The van der Waals surface area contributed by atoms with Crippen LogP contribution in [0.3, 0.4) is 0 Å². The third-order valence-corrected chi connectivity index (χ3v) is 6.59. The van der Waals surface area contributed by atoms with Gasteiger partial charge in [-0.2, -0.15) is 8.42 Å². The van der Waals surface area contributed by atoms with Gasteiger partial charge < -0.3 is 14.5 Å². The van der Waals surface area contributed by atoms with Crippen LogP contribution < -0.4 is 0 Å². The molecule has 0 saturated carbocycles. The number of rotatable bonds is 4. The normalized spacial score (nSPS) is 19.6. The van der Waals surface area contributed by atoms with E-state index in [1.165, 1.54) is 0 Å². The minimum Gasteiger partial charge on any atom is -0.384 e. The second kappa shape index (κ2) is 8.45. The van der Waals surface area contributed by atoms with Gasteiger partial charge in [0.05, 0.1) is 13.0 Å². The number of carbonyl (C=O) groups is 1. The van der Waals surface area contributed by atoms with Crippen molar-refractivity contribution in [1.82, 2.24) is 9.80 Å². The van der Waals surface area contributed by atoms with Crippen molar-refractivity contribution in [2.45, 2.75) is 26.7 Å². The SMILES string of the molecule is COCCC(=O)N1CCCN(C2=NS(=O)(=O)C(c3ccc(C)cc3)=C2C)CC1. The molecule has 0 aliphatic carbocycles. The van der Waals surface area contributed by atoms with Gasteiger partial charge in [0.15, 0.2) is 0 Å². The van der Waals surface area contributed by atoms with E-state index in [1.807, 2.05) is 47.9 Å². The fourth-order valence-corrected chi connectivity index (χ4v) is 5.10. The summed E-state index contributed by atoms with van der Waals surface area (Å²) in [5.41, 5.74) is 2.40. The molecule has 0 radical (unpaired) electrons. The molecule has 1 saturated heterocycles. The number of amides is 1. The quantitative estimate of drug-likeness (QED) is 0.766.